The molecule has 0 aromatic carbocycles. The summed E-state index contributed by atoms with van der Waals surface area (Å²) < 4.78 is 5.39. The van der Waals surface area contributed by atoms with Gasteiger partial charge in [0.2, 0.25) is 0 Å². The van der Waals surface area contributed by atoms with Crippen LogP contribution in [0.15, 0.2) is 0 Å². The molecule has 2 rings (SSSR count). The number of nitrogens with one attached hydrogen (secondary N) is 1. The molecule has 1 N–H and O–H groups in total. The fraction of sp³-hybridized carbons (Fsp3) is 1.00. The van der Waals surface area contributed by atoms with Gasteiger partial charge in [0.05, 0.1) is 0 Å². The second kappa shape index (κ2) is 4.60. The third-order valence-corrected chi connectivity index (χ3v) is 3.67. The highest BCUT2D eigenvalue weighted by Crippen LogP contribution is 2.19. The van der Waals surface area contributed by atoms with E-state index < -0.39 is 0 Å². The van der Waals surface area contributed by atoms with Gasteiger partial charge in [0.25, 0.3) is 0 Å². The fourth-order valence-corrected chi connectivity index (χ4v) is 2.61. The minimum Gasteiger partial charge on any atom is -0.381 e. The summed E-state index contributed by atoms with van der Waals surface area (Å²) in [6.07, 6.45) is 3.72. The molecule has 0 aromatic rings. The molecule has 0 saturated carbocycles. The zero-order valence-corrected chi connectivity index (χ0v) is 9.33. The Balaban J connectivity index is 1.84. The second-order valence-electron chi connectivity index (χ2n) is 4.71. The standard InChI is InChI=1S/C11H22N2O/c1-9-7-11(8-12-9)13(2)10-3-5-14-6-4-10/h9-12H,3-8H2,1-2H3. The Hall–Kier alpha value is -0.120. The van der Waals surface area contributed by atoms with Gasteiger partial charge in [-0.1, -0.05) is 0 Å². The summed E-state index contributed by atoms with van der Waals surface area (Å²) in [5, 5.41) is 3.52. The Morgan fingerprint density at radius 1 is 1.21 bits per heavy atom. The molecule has 0 bridgehead atoms. The van der Waals surface area contributed by atoms with Crippen molar-refractivity contribution in [1.82, 2.24) is 10.2 Å². The number of likely N-dealkylation sites (N-methyl/N-ethyl adjacent to an activating group) is 1. The molecule has 2 saturated heterocycles. The molecule has 3 heteroatoms. The summed E-state index contributed by atoms with van der Waals surface area (Å²) in [7, 11) is 2.28. The van der Waals surface area contributed by atoms with Crippen LogP contribution in [0.5, 0.6) is 0 Å². The maximum atomic E-state index is 5.39. The Kier molecular flexibility index (Phi) is 3.42. The fourth-order valence-electron chi connectivity index (χ4n) is 2.61. The van der Waals surface area contributed by atoms with Gasteiger partial charge in [-0.3, -0.25) is 4.90 Å². The van der Waals surface area contributed by atoms with Gasteiger partial charge in [-0.05, 0) is 33.2 Å². The lowest BCUT2D eigenvalue weighted by molar-refractivity contribution is 0.0311. The molecule has 14 heavy (non-hydrogen) atoms. The topological polar surface area (TPSA) is 24.5 Å². The van der Waals surface area contributed by atoms with E-state index in [9.17, 15) is 0 Å². The van der Waals surface area contributed by atoms with E-state index in [1.165, 1.54) is 19.3 Å². The van der Waals surface area contributed by atoms with E-state index >= 15 is 0 Å². The number of rotatable bonds is 2. The minimum atomic E-state index is 0.697. The number of nitrogens with zero attached hydrogens (tertiary/aromatic N) is 1. The third-order valence-electron chi connectivity index (χ3n) is 3.67. The van der Waals surface area contributed by atoms with Crippen molar-refractivity contribution in [2.75, 3.05) is 26.8 Å². The van der Waals surface area contributed by atoms with E-state index in [4.69, 9.17) is 4.74 Å². The molecule has 2 aliphatic heterocycles. The van der Waals surface area contributed by atoms with Crippen LogP contribution in [0.1, 0.15) is 26.2 Å². The van der Waals surface area contributed by atoms with Crippen LogP contribution in [0.25, 0.3) is 0 Å². The quantitative estimate of drug-likeness (QED) is 0.712. The molecule has 2 unspecified atom stereocenters. The smallest absolute Gasteiger partial charge is 0.0480 e. The molecule has 2 aliphatic rings. The zero-order valence-electron chi connectivity index (χ0n) is 9.33. The molecular weight excluding hydrogens is 176 g/mol. The van der Waals surface area contributed by atoms with Crippen molar-refractivity contribution in [2.45, 2.75) is 44.3 Å². The molecule has 2 heterocycles. The lowest BCUT2D eigenvalue weighted by Crippen LogP contribution is -2.44. The van der Waals surface area contributed by atoms with Crippen molar-refractivity contribution >= 4 is 0 Å². The first-order chi connectivity index (χ1) is 6.77. The molecule has 0 aliphatic carbocycles. The Morgan fingerprint density at radius 3 is 2.50 bits per heavy atom. The summed E-state index contributed by atoms with van der Waals surface area (Å²) in [4.78, 5) is 2.57. The molecule has 0 amide bonds. The van der Waals surface area contributed by atoms with Crippen LogP contribution in [-0.2, 0) is 4.74 Å². The molecule has 0 spiro atoms. The largest absolute Gasteiger partial charge is 0.381 e. The van der Waals surface area contributed by atoms with Gasteiger partial charge in [0, 0.05) is 37.9 Å². The van der Waals surface area contributed by atoms with E-state index in [0.717, 1.165) is 31.8 Å². The zero-order chi connectivity index (χ0) is 9.97. The Labute approximate surface area is 86.8 Å². The van der Waals surface area contributed by atoms with Crippen LogP contribution >= 0.6 is 0 Å². The van der Waals surface area contributed by atoms with E-state index in [-0.39, 0.29) is 0 Å². The Bertz CT molecular complexity index is 175. The lowest BCUT2D eigenvalue weighted by atomic mass is 10.0. The van der Waals surface area contributed by atoms with E-state index in [0.29, 0.717) is 6.04 Å². The molecular formula is C11H22N2O. The number of hydrogen-bond donors (Lipinski definition) is 1. The van der Waals surface area contributed by atoms with Gasteiger partial charge in [-0.2, -0.15) is 0 Å². The lowest BCUT2D eigenvalue weighted by Gasteiger charge is -2.35. The average Bonchev–Trinajstić information content (AvgIpc) is 2.65. The van der Waals surface area contributed by atoms with E-state index in [2.05, 4.69) is 24.2 Å². The first kappa shape index (κ1) is 10.4. The van der Waals surface area contributed by atoms with Gasteiger partial charge in [0.15, 0.2) is 0 Å². The highest BCUT2D eigenvalue weighted by atomic mass is 16.5. The monoisotopic (exact) mass is 198 g/mol. The van der Waals surface area contributed by atoms with Crippen LogP contribution in [0.2, 0.25) is 0 Å². The highest BCUT2D eigenvalue weighted by Gasteiger charge is 2.29. The van der Waals surface area contributed by atoms with Gasteiger partial charge < -0.3 is 10.1 Å². The molecule has 82 valence electrons. The third kappa shape index (κ3) is 2.27. The normalized spacial score (nSPS) is 35.4. The number of hydrogen-bond acceptors (Lipinski definition) is 3. The molecule has 0 aromatic heterocycles. The summed E-state index contributed by atoms with van der Waals surface area (Å²) >= 11 is 0. The first-order valence-electron chi connectivity index (χ1n) is 5.80. The Morgan fingerprint density at radius 2 is 1.93 bits per heavy atom. The van der Waals surface area contributed by atoms with Crippen molar-refractivity contribution in [3.05, 3.63) is 0 Å². The van der Waals surface area contributed by atoms with Crippen LogP contribution in [0.3, 0.4) is 0 Å². The molecule has 3 nitrogen and oxygen atoms in total. The summed E-state index contributed by atoms with van der Waals surface area (Å²) in [5.41, 5.74) is 0. The molecule has 2 atom stereocenters. The summed E-state index contributed by atoms with van der Waals surface area (Å²) in [6, 6.07) is 2.19. The van der Waals surface area contributed by atoms with E-state index in [1.807, 2.05) is 0 Å². The van der Waals surface area contributed by atoms with Crippen LogP contribution in [-0.4, -0.2) is 49.8 Å². The van der Waals surface area contributed by atoms with Gasteiger partial charge >= 0.3 is 0 Å². The number of ether oxygens (including phenoxy) is 1. The van der Waals surface area contributed by atoms with Gasteiger partial charge in [0.1, 0.15) is 0 Å². The minimum absolute atomic E-state index is 0.697. The predicted molar refractivity (Wildman–Crippen MR) is 57.5 cm³/mol. The molecule has 0 radical (unpaired) electrons. The van der Waals surface area contributed by atoms with Crippen molar-refractivity contribution in [1.29, 1.82) is 0 Å². The van der Waals surface area contributed by atoms with Crippen molar-refractivity contribution < 1.29 is 4.74 Å². The van der Waals surface area contributed by atoms with Crippen LogP contribution in [0, 0.1) is 0 Å². The van der Waals surface area contributed by atoms with Crippen molar-refractivity contribution in [3.8, 4) is 0 Å². The van der Waals surface area contributed by atoms with Crippen LogP contribution in [0.4, 0.5) is 0 Å². The van der Waals surface area contributed by atoms with Crippen molar-refractivity contribution in [3.63, 3.8) is 0 Å². The van der Waals surface area contributed by atoms with Gasteiger partial charge in [-0.15, -0.1) is 0 Å². The predicted octanol–water partition coefficient (Wildman–Crippen LogP) is 0.848. The van der Waals surface area contributed by atoms with Gasteiger partial charge in [-0.25, -0.2) is 0 Å². The van der Waals surface area contributed by atoms with E-state index in [1.54, 1.807) is 0 Å². The summed E-state index contributed by atoms with van der Waals surface area (Å²) in [6.45, 7) is 5.34. The average molecular weight is 198 g/mol. The maximum Gasteiger partial charge on any atom is 0.0480 e. The second-order valence-corrected chi connectivity index (χ2v) is 4.71. The highest BCUT2D eigenvalue weighted by molar-refractivity contribution is 4.87. The first-order valence-corrected chi connectivity index (χ1v) is 5.80. The van der Waals surface area contributed by atoms with Crippen molar-refractivity contribution in [2.24, 2.45) is 0 Å². The summed E-state index contributed by atoms with van der Waals surface area (Å²) in [5.74, 6) is 0. The molecule has 2 fully saturated rings. The maximum absolute atomic E-state index is 5.39. The SMILES string of the molecule is CC1CC(N(C)C2CCOCC2)CN1. The van der Waals surface area contributed by atoms with Crippen LogP contribution < -0.4 is 5.32 Å².